The summed E-state index contributed by atoms with van der Waals surface area (Å²) in [7, 11) is 1.50. The van der Waals surface area contributed by atoms with E-state index in [0.717, 1.165) is 48.3 Å². The van der Waals surface area contributed by atoms with E-state index < -0.39 is 0 Å². The lowest BCUT2D eigenvalue weighted by atomic mass is 9.99. The van der Waals surface area contributed by atoms with Crippen LogP contribution in [0.2, 0.25) is 0 Å². The first-order valence-corrected chi connectivity index (χ1v) is 10.9. The summed E-state index contributed by atoms with van der Waals surface area (Å²) in [5.41, 5.74) is 7.45. The van der Waals surface area contributed by atoms with E-state index in [2.05, 4.69) is 10.5 Å². The molecule has 1 saturated heterocycles. The number of likely N-dealkylation sites (tertiary alicyclic amines) is 1. The van der Waals surface area contributed by atoms with E-state index in [1.807, 2.05) is 53.4 Å². The van der Waals surface area contributed by atoms with Gasteiger partial charge >= 0.3 is 5.97 Å². The molecule has 1 fully saturated rings. The molecule has 7 heteroatoms. The molecular formula is C25H27N3O4. The lowest BCUT2D eigenvalue weighted by Gasteiger charge is -2.15. The largest absolute Gasteiger partial charge is 0.463 e. The van der Waals surface area contributed by atoms with Gasteiger partial charge < -0.3 is 9.64 Å². The average molecular weight is 434 g/mol. The molecule has 2 aromatic carbocycles. The van der Waals surface area contributed by atoms with Crippen LogP contribution < -0.4 is 5.48 Å². The molecule has 2 heterocycles. The Morgan fingerprint density at radius 2 is 1.78 bits per heavy atom. The van der Waals surface area contributed by atoms with E-state index in [1.165, 1.54) is 7.11 Å². The third-order valence-electron chi connectivity index (χ3n) is 5.59. The number of nitrogens with one attached hydrogen (secondary N) is 1. The van der Waals surface area contributed by atoms with Crippen LogP contribution in [0.3, 0.4) is 0 Å². The maximum Gasteiger partial charge on any atom is 0.334 e. The molecule has 4 rings (SSSR count). The molecule has 2 aliphatic rings. The number of hydrogen-bond acceptors (Lipinski definition) is 6. The number of fused-ring (bicyclic) bond motifs is 1. The lowest BCUT2D eigenvalue weighted by molar-refractivity contribution is -0.138. The number of ether oxygens (including phenoxy) is 1. The van der Waals surface area contributed by atoms with Gasteiger partial charge in [-0.05, 0) is 61.2 Å². The van der Waals surface area contributed by atoms with Crippen molar-refractivity contribution in [3.63, 3.8) is 0 Å². The van der Waals surface area contributed by atoms with Gasteiger partial charge in [0.1, 0.15) is 5.84 Å². The Labute approximate surface area is 187 Å². The molecule has 0 atom stereocenters. The van der Waals surface area contributed by atoms with Gasteiger partial charge in [0.05, 0.1) is 19.4 Å². The number of carbonyl (C=O) groups is 2. The smallest absolute Gasteiger partial charge is 0.334 e. The Morgan fingerprint density at radius 3 is 2.47 bits per heavy atom. The molecule has 0 unspecified atom stereocenters. The number of aliphatic imine (C=N–C) groups is 1. The number of hydrogen-bond donors (Lipinski definition) is 1. The van der Waals surface area contributed by atoms with Crippen LogP contribution in [0.1, 0.15) is 42.1 Å². The molecule has 0 aromatic heterocycles. The van der Waals surface area contributed by atoms with Crippen molar-refractivity contribution in [2.75, 3.05) is 26.8 Å². The summed E-state index contributed by atoms with van der Waals surface area (Å²) in [5.74, 6) is 0.245. The summed E-state index contributed by atoms with van der Waals surface area (Å²) in [5, 5.41) is 0. The summed E-state index contributed by atoms with van der Waals surface area (Å²) in [4.78, 5) is 36.6. The molecule has 0 aliphatic carbocycles. The van der Waals surface area contributed by atoms with Crippen molar-refractivity contribution in [1.82, 2.24) is 10.4 Å². The SMILES string of the molecule is CCOC(=O)C1=Cc2cc(-c3ccc(C(=O)N4CCCC4)cc3)ccc2N=C(NOC)C1. The topological polar surface area (TPSA) is 80.2 Å². The zero-order chi connectivity index (χ0) is 22.5. The van der Waals surface area contributed by atoms with Crippen LogP contribution >= 0.6 is 0 Å². The first kappa shape index (κ1) is 21.8. The summed E-state index contributed by atoms with van der Waals surface area (Å²) in [6, 6.07) is 13.5. The van der Waals surface area contributed by atoms with Gasteiger partial charge in [0.25, 0.3) is 5.91 Å². The van der Waals surface area contributed by atoms with Crippen molar-refractivity contribution in [2.24, 2.45) is 4.99 Å². The molecule has 1 amide bonds. The molecular weight excluding hydrogens is 406 g/mol. The zero-order valence-corrected chi connectivity index (χ0v) is 18.4. The minimum absolute atomic E-state index is 0.0884. The highest BCUT2D eigenvalue weighted by atomic mass is 16.6. The van der Waals surface area contributed by atoms with Crippen molar-refractivity contribution in [3.05, 3.63) is 59.2 Å². The van der Waals surface area contributed by atoms with Gasteiger partial charge in [-0.2, -0.15) is 0 Å². The first-order valence-electron chi connectivity index (χ1n) is 10.9. The molecule has 166 valence electrons. The summed E-state index contributed by atoms with van der Waals surface area (Å²) in [6.07, 6.45) is 4.24. The van der Waals surface area contributed by atoms with Crippen molar-refractivity contribution in [3.8, 4) is 11.1 Å². The highest BCUT2D eigenvalue weighted by molar-refractivity contribution is 6.03. The number of carbonyl (C=O) groups excluding carboxylic acids is 2. The van der Waals surface area contributed by atoms with E-state index in [4.69, 9.17) is 9.57 Å². The number of rotatable bonds is 5. The van der Waals surface area contributed by atoms with E-state index in [9.17, 15) is 9.59 Å². The van der Waals surface area contributed by atoms with Crippen molar-refractivity contribution >= 4 is 29.5 Å². The van der Waals surface area contributed by atoms with Crippen LogP contribution in [0.25, 0.3) is 17.2 Å². The standard InChI is InChI=1S/C25H27N3O4/c1-3-32-25(30)21-15-20-14-19(10-11-22(20)26-23(16-21)27-31-2)17-6-8-18(9-7-17)24(29)28-12-4-5-13-28/h6-11,14-15H,3-5,12-13,16H2,1-2H3,(H,26,27). The predicted molar refractivity (Wildman–Crippen MR) is 123 cm³/mol. The molecule has 32 heavy (non-hydrogen) atoms. The van der Waals surface area contributed by atoms with E-state index >= 15 is 0 Å². The molecule has 7 nitrogen and oxygen atoms in total. The first-order chi connectivity index (χ1) is 15.6. The molecule has 2 aromatic rings. The number of benzene rings is 2. The van der Waals surface area contributed by atoms with Gasteiger partial charge in [0.2, 0.25) is 0 Å². The van der Waals surface area contributed by atoms with Crippen molar-refractivity contribution < 1.29 is 19.2 Å². The fraction of sp³-hybridized carbons (Fsp3) is 0.320. The van der Waals surface area contributed by atoms with Gasteiger partial charge in [-0.15, -0.1) is 0 Å². The second-order valence-corrected chi connectivity index (χ2v) is 7.78. The Bertz CT molecular complexity index is 1070. The Morgan fingerprint density at radius 1 is 1.06 bits per heavy atom. The Kier molecular flexibility index (Phi) is 6.66. The van der Waals surface area contributed by atoms with Gasteiger partial charge in [0.15, 0.2) is 0 Å². The summed E-state index contributed by atoms with van der Waals surface area (Å²) >= 11 is 0. The molecule has 0 radical (unpaired) electrons. The Balaban J connectivity index is 1.64. The number of nitrogens with zero attached hydrogens (tertiary/aromatic N) is 2. The van der Waals surface area contributed by atoms with E-state index in [0.29, 0.717) is 23.6 Å². The summed E-state index contributed by atoms with van der Waals surface area (Å²) in [6.45, 7) is 3.75. The predicted octanol–water partition coefficient (Wildman–Crippen LogP) is 4.12. The van der Waals surface area contributed by atoms with Crippen molar-refractivity contribution in [2.45, 2.75) is 26.2 Å². The lowest BCUT2D eigenvalue weighted by Crippen LogP contribution is -2.27. The normalized spacial score (nSPS) is 15.4. The van der Waals surface area contributed by atoms with Crippen LogP contribution in [0.4, 0.5) is 5.69 Å². The van der Waals surface area contributed by atoms with E-state index in [1.54, 1.807) is 6.92 Å². The maximum absolute atomic E-state index is 12.6. The van der Waals surface area contributed by atoms with Gasteiger partial charge in [0, 0.05) is 36.2 Å². The second kappa shape index (κ2) is 9.78. The minimum atomic E-state index is -0.374. The van der Waals surface area contributed by atoms with Gasteiger partial charge in [-0.3, -0.25) is 15.1 Å². The molecule has 2 aliphatic heterocycles. The van der Waals surface area contributed by atoms with E-state index in [-0.39, 0.29) is 18.3 Å². The molecule has 0 bridgehead atoms. The zero-order valence-electron chi connectivity index (χ0n) is 18.4. The minimum Gasteiger partial charge on any atom is -0.463 e. The Hall–Kier alpha value is -3.45. The third-order valence-corrected chi connectivity index (χ3v) is 5.59. The molecule has 1 N–H and O–H groups in total. The molecule has 0 saturated carbocycles. The number of amides is 1. The number of esters is 1. The maximum atomic E-state index is 12.6. The van der Waals surface area contributed by atoms with Crippen LogP contribution in [0, 0.1) is 0 Å². The van der Waals surface area contributed by atoms with Crippen LogP contribution in [0.5, 0.6) is 0 Å². The van der Waals surface area contributed by atoms with Crippen LogP contribution in [-0.4, -0.2) is 49.4 Å². The number of amidine groups is 1. The number of hydroxylamine groups is 1. The summed E-state index contributed by atoms with van der Waals surface area (Å²) < 4.78 is 5.20. The fourth-order valence-corrected chi connectivity index (χ4v) is 4.00. The monoisotopic (exact) mass is 433 g/mol. The highest BCUT2D eigenvalue weighted by Crippen LogP contribution is 2.32. The van der Waals surface area contributed by atoms with Crippen molar-refractivity contribution in [1.29, 1.82) is 0 Å². The third kappa shape index (κ3) is 4.73. The van der Waals surface area contributed by atoms with Gasteiger partial charge in [-0.1, -0.05) is 18.2 Å². The fourth-order valence-electron chi connectivity index (χ4n) is 4.00. The van der Waals surface area contributed by atoms with Crippen LogP contribution in [0.15, 0.2) is 53.0 Å². The van der Waals surface area contributed by atoms with Crippen LogP contribution in [-0.2, 0) is 14.4 Å². The highest BCUT2D eigenvalue weighted by Gasteiger charge is 2.20. The quantitative estimate of drug-likeness (QED) is 0.567. The van der Waals surface area contributed by atoms with Gasteiger partial charge in [-0.25, -0.2) is 9.79 Å². The average Bonchev–Trinajstić information content (AvgIpc) is 3.28. The second-order valence-electron chi connectivity index (χ2n) is 7.78. The molecule has 0 spiro atoms.